The minimum Gasteiger partial charge on any atom is -0.352 e. The summed E-state index contributed by atoms with van der Waals surface area (Å²) in [7, 11) is 1.77. The van der Waals surface area contributed by atoms with Crippen LogP contribution >= 0.6 is 24.0 Å². The minimum absolute atomic E-state index is 0. The van der Waals surface area contributed by atoms with E-state index in [2.05, 4.69) is 20.7 Å². The van der Waals surface area contributed by atoms with Gasteiger partial charge in [-0.25, -0.2) is 4.68 Å². The summed E-state index contributed by atoms with van der Waals surface area (Å²) < 4.78 is 1.87. The summed E-state index contributed by atoms with van der Waals surface area (Å²) >= 11 is 0. The lowest BCUT2D eigenvalue weighted by molar-refractivity contribution is -0.134. The zero-order chi connectivity index (χ0) is 20.1. The number of halogens is 1. The highest BCUT2D eigenvalue weighted by Gasteiger charge is 2.32. The van der Waals surface area contributed by atoms with Gasteiger partial charge in [0.2, 0.25) is 5.91 Å². The molecule has 30 heavy (non-hydrogen) atoms. The van der Waals surface area contributed by atoms with Gasteiger partial charge in [0.25, 0.3) is 0 Å². The first kappa shape index (κ1) is 22.6. The highest BCUT2D eigenvalue weighted by molar-refractivity contribution is 14.0. The molecule has 1 aromatic carbocycles. The standard InChI is InChI=1S/C22H30N6O.HI/c1-23-22(24-15-18-12-14-28(26-18)20-9-3-2-4-10-20)25-19-11-13-27(16-19)21(29)17-7-5-6-8-17;/h2-4,9-10,12,14,17,19H,5-8,11,13,15-16H2,1H3,(H2,23,24,25);1H. The van der Waals surface area contributed by atoms with Gasteiger partial charge in [0.1, 0.15) is 0 Å². The van der Waals surface area contributed by atoms with Crippen LogP contribution in [0.25, 0.3) is 5.69 Å². The maximum atomic E-state index is 12.6. The number of hydrogen-bond acceptors (Lipinski definition) is 3. The average molecular weight is 522 g/mol. The molecule has 0 spiro atoms. The van der Waals surface area contributed by atoms with Gasteiger partial charge in [-0.1, -0.05) is 31.0 Å². The van der Waals surface area contributed by atoms with Crippen LogP contribution in [0.4, 0.5) is 0 Å². The van der Waals surface area contributed by atoms with Crippen LogP contribution in [-0.2, 0) is 11.3 Å². The maximum absolute atomic E-state index is 12.6. The van der Waals surface area contributed by atoms with Gasteiger partial charge in [0.05, 0.1) is 17.9 Å². The number of para-hydroxylation sites is 1. The number of guanidine groups is 1. The lowest BCUT2D eigenvalue weighted by Gasteiger charge is -2.21. The summed E-state index contributed by atoms with van der Waals surface area (Å²) in [6, 6.07) is 12.3. The molecular formula is C22H31IN6O. The summed E-state index contributed by atoms with van der Waals surface area (Å²) in [6.45, 7) is 2.20. The molecule has 1 atom stereocenters. The number of carbonyl (C=O) groups excluding carboxylic acids is 1. The Hall–Kier alpha value is -2.10. The number of carbonyl (C=O) groups is 1. The third-order valence-electron chi connectivity index (χ3n) is 5.87. The third-order valence-corrected chi connectivity index (χ3v) is 5.87. The van der Waals surface area contributed by atoms with Crippen LogP contribution in [-0.4, -0.2) is 52.7 Å². The molecule has 2 aromatic rings. The maximum Gasteiger partial charge on any atom is 0.225 e. The van der Waals surface area contributed by atoms with Crippen LogP contribution in [0, 0.1) is 5.92 Å². The fourth-order valence-electron chi connectivity index (χ4n) is 4.25. The number of aromatic nitrogens is 2. The van der Waals surface area contributed by atoms with Crippen molar-refractivity contribution in [3.63, 3.8) is 0 Å². The van der Waals surface area contributed by atoms with Crippen molar-refractivity contribution in [2.24, 2.45) is 10.9 Å². The number of likely N-dealkylation sites (tertiary alicyclic amines) is 1. The van der Waals surface area contributed by atoms with E-state index < -0.39 is 0 Å². The SMILES string of the molecule is CN=C(NCc1ccn(-c2ccccc2)n1)NC1CCN(C(=O)C2CCCC2)C1.I. The molecule has 4 rings (SSSR count). The lowest BCUT2D eigenvalue weighted by Crippen LogP contribution is -2.45. The highest BCUT2D eigenvalue weighted by atomic mass is 127. The van der Waals surface area contributed by atoms with E-state index in [9.17, 15) is 4.79 Å². The van der Waals surface area contributed by atoms with Gasteiger partial charge in [-0.05, 0) is 37.5 Å². The fraction of sp³-hybridized carbons (Fsp3) is 0.500. The summed E-state index contributed by atoms with van der Waals surface area (Å²) in [6.07, 6.45) is 7.44. The molecule has 1 unspecified atom stereocenters. The van der Waals surface area contributed by atoms with Crippen molar-refractivity contribution in [1.82, 2.24) is 25.3 Å². The summed E-state index contributed by atoms with van der Waals surface area (Å²) in [5, 5.41) is 11.4. The molecule has 1 aliphatic heterocycles. The Morgan fingerprint density at radius 1 is 1.17 bits per heavy atom. The molecule has 1 aromatic heterocycles. The van der Waals surface area contributed by atoms with Crippen LogP contribution in [0.2, 0.25) is 0 Å². The molecule has 1 saturated carbocycles. The number of benzene rings is 1. The quantitative estimate of drug-likeness (QED) is 0.360. The number of aliphatic imine (C=N–C) groups is 1. The van der Waals surface area contributed by atoms with Crippen LogP contribution in [0.3, 0.4) is 0 Å². The number of rotatable bonds is 5. The van der Waals surface area contributed by atoms with Crippen molar-refractivity contribution in [3.05, 3.63) is 48.3 Å². The van der Waals surface area contributed by atoms with Crippen LogP contribution in [0.1, 0.15) is 37.8 Å². The Morgan fingerprint density at radius 3 is 2.67 bits per heavy atom. The van der Waals surface area contributed by atoms with Crippen molar-refractivity contribution >= 4 is 35.8 Å². The van der Waals surface area contributed by atoms with Crippen molar-refractivity contribution in [1.29, 1.82) is 0 Å². The molecule has 8 heteroatoms. The van der Waals surface area contributed by atoms with Gasteiger partial charge in [-0.15, -0.1) is 24.0 Å². The summed E-state index contributed by atoms with van der Waals surface area (Å²) in [5.41, 5.74) is 1.99. The van der Waals surface area contributed by atoms with Gasteiger partial charge in [0, 0.05) is 38.3 Å². The molecule has 2 fully saturated rings. The second kappa shape index (κ2) is 10.8. The van der Waals surface area contributed by atoms with Gasteiger partial charge in [-0.3, -0.25) is 9.79 Å². The first-order chi connectivity index (χ1) is 14.2. The van der Waals surface area contributed by atoms with Gasteiger partial charge in [0.15, 0.2) is 5.96 Å². The largest absolute Gasteiger partial charge is 0.352 e. The number of nitrogens with zero attached hydrogens (tertiary/aromatic N) is 4. The molecule has 0 bridgehead atoms. The van der Waals surface area contributed by atoms with Gasteiger partial charge < -0.3 is 15.5 Å². The Balaban J connectivity index is 0.00000256. The molecule has 2 aliphatic rings. The monoisotopic (exact) mass is 522 g/mol. The van der Waals surface area contributed by atoms with E-state index in [-0.39, 0.29) is 35.9 Å². The Morgan fingerprint density at radius 2 is 1.93 bits per heavy atom. The zero-order valence-electron chi connectivity index (χ0n) is 17.5. The second-order valence-electron chi connectivity index (χ2n) is 7.91. The molecule has 1 aliphatic carbocycles. The van der Waals surface area contributed by atoms with E-state index >= 15 is 0 Å². The van der Waals surface area contributed by atoms with Crippen LogP contribution in [0.5, 0.6) is 0 Å². The number of amides is 1. The highest BCUT2D eigenvalue weighted by Crippen LogP contribution is 2.27. The molecule has 2 N–H and O–H groups in total. The predicted molar refractivity (Wildman–Crippen MR) is 129 cm³/mol. The Labute approximate surface area is 195 Å². The molecule has 2 heterocycles. The van der Waals surface area contributed by atoms with Crippen LogP contribution in [0.15, 0.2) is 47.6 Å². The number of nitrogens with one attached hydrogen (secondary N) is 2. The predicted octanol–water partition coefficient (Wildman–Crippen LogP) is 2.95. The van der Waals surface area contributed by atoms with E-state index in [1.54, 1.807) is 7.05 Å². The van der Waals surface area contributed by atoms with E-state index in [0.717, 1.165) is 49.7 Å². The molecule has 1 amide bonds. The van der Waals surface area contributed by atoms with Gasteiger partial charge >= 0.3 is 0 Å². The van der Waals surface area contributed by atoms with E-state index in [0.29, 0.717) is 12.5 Å². The molecule has 7 nitrogen and oxygen atoms in total. The first-order valence-corrected chi connectivity index (χ1v) is 10.6. The normalized spacial score (nSPS) is 19.6. The van der Waals surface area contributed by atoms with Crippen LogP contribution < -0.4 is 10.6 Å². The number of hydrogen-bond donors (Lipinski definition) is 2. The third kappa shape index (κ3) is 5.53. The smallest absolute Gasteiger partial charge is 0.225 e. The zero-order valence-corrected chi connectivity index (χ0v) is 19.8. The van der Waals surface area contributed by atoms with E-state index in [1.165, 1.54) is 12.8 Å². The first-order valence-electron chi connectivity index (χ1n) is 10.6. The van der Waals surface area contributed by atoms with Crippen molar-refractivity contribution in [2.45, 2.75) is 44.7 Å². The summed E-state index contributed by atoms with van der Waals surface area (Å²) in [4.78, 5) is 19.0. The average Bonchev–Trinajstić information content (AvgIpc) is 3.53. The molecular weight excluding hydrogens is 491 g/mol. The minimum atomic E-state index is 0. The fourth-order valence-corrected chi connectivity index (χ4v) is 4.25. The summed E-state index contributed by atoms with van der Waals surface area (Å²) in [5.74, 6) is 1.35. The Kier molecular flexibility index (Phi) is 8.12. The van der Waals surface area contributed by atoms with Crippen molar-refractivity contribution in [2.75, 3.05) is 20.1 Å². The molecule has 162 valence electrons. The topological polar surface area (TPSA) is 74.6 Å². The molecule has 0 radical (unpaired) electrons. The Bertz CT molecular complexity index is 846. The lowest BCUT2D eigenvalue weighted by atomic mass is 10.1. The van der Waals surface area contributed by atoms with Crippen molar-refractivity contribution < 1.29 is 4.79 Å². The second-order valence-corrected chi connectivity index (χ2v) is 7.91. The molecule has 1 saturated heterocycles. The van der Waals surface area contributed by atoms with Gasteiger partial charge in [-0.2, -0.15) is 5.10 Å². The van der Waals surface area contributed by atoms with E-state index in [4.69, 9.17) is 0 Å². The van der Waals surface area contributed by atoms with E-state index in [1.807, 2.05) is 52.2 Å². The van der Waals surface area contributed by atoms with Crippen molar-refractivity contribution in [3.8, 4) is 5.69 Å².